The second kappa shape index (κ2) is 3.88. The van der Waals surface area contributed by atoms with Crippen molar-refractivity contribution in [2.45, 2.75) is 25.4 Å². The van der Waals surface area contributed by atoms with Crippen LogP contribution in [-0.4, -0.2) is 11.9 Å². The van der Waals surface area contributed by atoms with Crippen molar-refractivity contribution in [3.05, 3.63) is 29.6 Å². The van der Waals surface area contributed by atoms with Gasteiger partial charge in [-0.2, -0.15) is 0 Å². The summed E-state index contributed by atoms with van der Waals surface area (Å²) in [7, 11) is 0. The molecule has 0 amide bonds. The zero-order valence-corrected chi connectivity index (χ0v) is 8.29. The monoisotopic (exact) mass is 208 g/mol. The molecule has 15 heavy (non-hydrogen) atoms. The van der Waals surface area contributed by atoms with Crippen molar-refractivity contribution in [1.29, 1.82) is 5.41 Å². The van der Waals surface area contributed by atoms with E-state index in [0.29, 0.717) is 11.3 Å². The molecular weight excluding hydrogens is 195 g/mol. The van der Waals surface area contributed by atoms with Crippen LogP contribution in [0.2, 0.25) is 0 Å². The second-order valence-electron chi connectivity index (χ2n) is 3.72. The highest BCUT2D eigenvalue weighted by atomic mass is 19.1. The first-order chi connectivity index (χ1) is 7.16. The van der Waals surface area contributed by atoms with Crippen molar-refractivity contribution in [2.75, 3.05) is 0 Å². The molecule has 0 aromatic heterocycles. The number of hydrogen-bond acceptors (Lipinski definition) is 2. The molecule has 0 radical (unpaired) electrons. The molecule has 80 valence electrons. The predicted molar refractivity (Wildman–Crippen MR) is 55.7 cm³/mol. The molecule has 0 spiro atoms. The number of nitrogen functional groups attached to an aromatic ring is 1. The van der Waals surface area contributed by atoms with Crippen molar-refractivity contribution in [3.8, 4) is 5.75 Å². The summed E-state index contributed by atoms with van der Waals surface area (Å²) in [6.07, 6.45) is 3.42. The molecule has 3 nitrogen and oxygen atoms in total. The largest absolute Gasteiger partial charge is 0.490 e. The lowest BCUT2D eigenvalue weighted by Gasteiger charge is -2.27. The highest BCUT2D eigenvalue weighted by Gasteiger charge is 2.20. The Balaban J connectivity index is 2.23. The highest BCUT2D eigenvalue weighted by molar-refractivity contribution is 5.97. The van der Waals surface area contributed by atoms with Crippen molar-refractivity contribution >= 4 is 5.84 Å². The number of amidine groups is 1. The number of hydrogen-bond donors (Lipinski definition) is 2. The maximum absolute atomic E-state index is 12.9. The van der Waals surface area contributed by atoms with Gasteiger partial charge in [0.1, 0.15) is 17.4 Å². The molecule has 0 aliphatic heterocycles. The first-order valence-electron chi connectivity index (χ1n) is 4.97. The molecule has 1 aromatic rings. The van der Waals surface area contributed by atoms with Gasteiger partial charge in [0.25, 0.3) is 0 Å². The van der Waals surface area contributed by atoms with Gasteiger partial charge >= 0.3 is 0 Å². The van der Waals surface area contributed by atoms with E-state index in [-0.39, 0.29) is 11.9 Å². The maximum atomic E-state index is 12.9. The van der Waals surface area contributed by atoms with E-state index in [0.717, 1.165) is 12.8 Å². The third-order valence-electron chi connectivity index (χ3n) is 2.58. The van der Waals surface area contributed by atoms with E-state index in [1.54, 1.807) is 0 Å². The Morgan fingerprint density at radius 1 is 1.47 bits per heavy atom. The molecule has 1 saturated carbocycles. The minimum absolute atomic E-state index is 0.163. The molecule has 1 aromatic carbocycles. The molecule has 0 unspecified atom stereocenters. The molecule has 0 bridgehead atoms. The SMILES string of the molecule is N=C(N)c1cc(F)ccc1OC1CCC1. The van der Waals surface area contributed by atoms with Gasteiger partial charge in [-0.05, 0) is 37.5 Å². The van der Waals surface area contributed by atoms with Crippen LogP contribution < -0.4 is 10.5 Å². The summed E-state index contributed by atoms with van der Waals surface area (Å²) in [6.45, 7) is 0. The van der Waals surface area contributed by atoms with Crippen LogP contribution in [0.5, 0.6) is 5.75 Å². The average Bonchev–Trinajstić information content (AvgIpc) is 2.12. The number of rotatable bonds is 3. The normalized spacial score (nSPS) is 15.8. The van der Waals surface area contributed by atoms with Gasteiger partial charge in [-0.1, -0.05) is 0 Å². The maximum Gasteiger partial charge on any atom is 0.130 e. The Morgan fingerprint density at radius 3 is 2.73 bits per heavy atom. The molecule has 0 saturated heterocycles. The van der Waals surface area contributed by atoms with Crippen LogP contribution >= 0.6 is 0 Å². The van der Waals surface area contributed by atoms with E-state index in [1.165, 1.54) is 24.6 Å². The standard InChI is InChI=1S/C11H13FN2O/c12-7-4-5-10(9(6-7)11(13)14)15-8-2-1-3-8/h4-6,8H,1-3H2,(H3,13,14). The molecular formula is C11H13FN2O. The van der Waals surface area contributed by atoms with Gasteiger partial charge in [0, 0.05) is 0 Å². The summed E-state index contributed by atoms with van der Waals surface area (Å²) in [5.41, 5.74) is 5.69. The van der Waals surface area contributed by atoms with Crippen molar-refractivity contribution in [1.82, 2.24) is 0 Å². The lowest BCUT2D eigenvalue weighted by Crippen LogP contribution is -2.26. The highest BCUT2D eigenvalue weighted by Crippen LogP contribution is 2.27. The molecule has 2 rings (SSSR count). The molecule has 0 heterocycles. The van der Waals surface area contributed by atoms with Gasteiger partial charge in [-0.15, -0.1) is 0 Å². The molecule has 3 N–H and O–H groups in total. The van der Waals surface area contributed by atoms with E-state index >= 15 is 0 Å². The first kappa shape index (κ1) is 9.96. The van der Waals surface area contributed by atoms with Crippen LogP contribution in [0.3, 0.4) is 0 Å². The summed E-state index contributed by atoms with van der Waals surface area (Å²) >= 11 is 0. The molecule has 1 aliphatic carbocycles. The van der Waals surface area contributed by atoms with Crippen LogP contribution in [0.4, 0.5) is 4.39 Å². The summed E-state index contributed by atoms with van der Waals surface area (Å²) in [4.78, 5) is 0. The molecule has 4 heteroatoms. The first-order valence-corrected chi connectivity index (χ1v) is 4.97. The summed E-state index contributed by atoms with van der Waals surface area (Å²) in [5.74, 6) is -0.0569. The predicted octanol–water partition coefficient (Wildman–Crippen LogP) is 2.04. The minimum Gasteiger partial charge on any atom is -0.490 e. The molecule has 0 atom stereocenters. The minimum atomic E-state index is -0.402. The average molecular weight is 208 g/mol. The van der Waals surface area contributed by atoms with Gasteiger partial charge in [-0.25, -0.2) is 4.39 Å². The molecule has 1 fully saturated rings. The Labute approximate surface area is 87.6 Å². The fourth-order valence-electron chi connectivity index (χ4n) is 1.48. The summed E-state index contributed by atoms with van der Waals surface area (Å²) in [5, 5.41) is 7.32. The van der Waals surface area contributed by atoms with Crippen LogP contribution in [0.15, 0.2) is 18.2 Å². The third kappa shape index (κ3) is 2.09. The van der Waals surface area contributed by atoms with Crippen LogP contribution in [-0.2, 0) is 0 Å². The van der Waals surface area contributed by atoms with E-state index < -0.39 is 5.82 Å². The number of nitrogens with two attached hydrogens (primary N) is 1. The van der Waals surface area contributed by atoms with Crippen molar-refractivity contribution in [2.24, 2.45) is 5.73 Å². The van der Waals surface area contributed by atoms with Crippen LogP contribution in [0.25, 0.3) is 0 Å². The van der Waals surface area contributed by atoms with E-state index in [1.807, 2.05) is 0 Å². The quantitative estimate of drug-likeness (QED) is 0.590. The lowest BCUT2D eigenvalue weighted by atomic mass is 9.96. The van der Waals surface area contributed by atoms with E-state index in [2.05, 4.69) is 0 Å². The lowest BCUT2D eigenvalue weighted by molar-refractivity contribution is 0.120. The van der Waals surface area contributed by atoms with Crippen molar-refractivity contribution < 1.29 is 9.13 Å². The Morgan fingerprint density at radius 2 is 2.20 bits per heavy atom. The number of halogens is 1. The fourth-order valence-corrected chi connectivity index (χ4v) is 1.48. The van der Waals surface area contributed by atoms with Gasteiger partial charge in [-0.3, -0.25) is 5.41 Å². The fraction of sp³-hybridized carbons (Fsp3) is 0.364. The van der Waals surface area contributed by atoms with Crippen molar-refractivity contribution in [3.63, 3.8) is 0 Å². The Hall–Kier alpha value is -1.58. The van der Waals surface area contributed by atoms with Crippen LogP contribution in [0.1, 0.15) is 24.8 Å². The van der Waals surface area contributed by atoms with Gasteiger partial charge in [0.2, 0.25) is 0 Å². The van der Waals surface area contributed by atoms with Crippen LogP contribution in [0, 0.1) is 11.2 Å². The topological polar surface area (TPSA) is 59.1 Å². The number of ether oxygens (including phenoxy) is 1. The zero-order chi connectivity index (χ0) is 10.8. The van der Waals surface area contributed by atoms with E-state index in [9.17, 15) is 4.39 Å². The van der Waals surface area contributed by atoms with Gasteiger partial charge in [0.05, 0.1) is 11.7 Å². The Bertz CT molecular complexity index is 388. The molecule has 1 aliphatic rings. The van der Waals surface area contributed by atoms with E-state index in [4.69, 9.17) is 15.9 Å². The second-order valence-corrected chi connectivity index (χ2v) is 3.72. The van der Waals surface area contributed by atoms with Gasteiger partial charge in [0.15, 0.2) is 0 Å². The zero-order valence-electron chi connectivity index (χ0n) is 8.29. The number of benzene rings is 1. The van der Waals surface area contributed by atoms with Gasteiger partial charge < -0.3 is 10.5 Å². The summed E-state index contributed by atoms with van der Waals surface area (Å²) in [6, 6.07) is 4.08. The number of nitrogens with one attached hydrogen (secondary N) is 1. The third-order valence-corrected chi connectivity index (χ3v) is 2.58. The summed E-state index contributed by atoms with van der Waals surface area (Å²) < 4.78 is 18.5. The smallest absolute Gasteiger partial charge is 0.130 e. The Kier molecular flexibility index (Phi) is 2.58.